The molecule has 0 aliphatic carbocycles. The molecule has 8 nitrogen and oxygen atoms in total. The molecule has 2 fully saturated rings. The number of carbonyl (C=O) groups is 3. The number of likely N-dealkylation sites (N-methyl/N-ethyl adjacent to an activating group) is 1. The number of carbonyl (C=O) groups excluding carboxylic acids is 3. The Labute approximate surface area is 183 Å². The fourth-order valence-corrected chi connectivity index (χ4v) is 5.87. The monoisotopic (exact) mass is 431 g/mol. The predicted molar refractivity (Wildman–Crippen MR) is 114 cm³/mol. The van der Waals surface area contributed by atoms with Crippen LogP contribution in [0.4, 0.5) is 0 Å². The van der Waals surface area contributed by atoms with Gasteiger partial charge in [-0.25, -0.2) is 0 Å². The van der Waals surface area contributed by atoms with Crippen LogP contribution in [-0.2, 0) is 19.1 Å². The quantitative estimate of drug-likeness (QED) is 0.657. The number of likely N-dealkylation sites (tertiary alicyclic amines) is 1. The standard InChI is InChI=1S/C23H33N3O5/c1-6-22-9-7-11-24(5)19(28)16(22)17-20(29)26(15(4)13-27)18-21(30)25(14(2)3)12-8-10-23(17,18)31-22/h7-10,14-18,27H,6,11-13H2,1-5H3/t15-,16-,17+,18?,22+,23+/m1/s1. The summed E-state index contributed by atoms with van der Waals surface area (Å²) in [6.45, 7) is 8.13. The minimum absolute atomic E-state index is 0.0626. The molecule has 0 aromatic heterocycles. The van der Waals surface area contributed by atoms with Gasteiger partial charge in [-0.05, 0) is 27.2 Å². The van der Waals surface area contributed by atoms with Gasteiger partial charge in [0.25, 0.3) is 0 Å². The van der Waals surface area contributed by atoms with Crippen LogP contribution in [0, 0.1) is 11.8 Å². The van der Waals surface area contributed by atoms with Gasteiger partial charge in [0.05, 0.1) is 30.1 Å². The Bertz CT molecular complexity index is 854. The molecule has 1 unspecified atom stereocenters. The van der Waals surface area contributed by atoms with Gasteiger partial charge in [-0.3, -0.25) is 14.4 Å². The number of hydrogen-bond acceptors (Lipinski definition) is 5. The molecule has 4 aliphatic heterocycles. The maximum Gasteiger partial charge on any atom is 0.249 e. The lowest BCUT2D eigenvalue weighted by atomic mass is 9.73. The summed E-state index contributed by atoms with van der Waals surface area (Å²) in [5.41, 5.74) is -2.20. The highest BCUT2D eigenvalue weighted by Gasteiger charge is 2.75. The van der Waals surface area contributed by atoms with E-state index in [0.717, 1.165) is 0 Å². The topological polar surface area (TPSA) is 90.4 Å². The highest BCUT2D eigenvalue weighted by atomic mass is 16.5. The summed E-state index contributed by atoms with van der Waals surface area (Å²) >= 11 is 0. The number of hydrogen-bond donors (Lipinski definition) is 1. The number of nitrogens with zero attached hydrogens (tertiary/aromatic N) is 3. The van der Waals surface area contributed by atoms with Crippen LogP contribution in [0.25, 0.3) is 0 Å². The molecule has 2 saturated heterocycles. The van der Waals surface area contributed by atoms with E-state index in [9.17, 15) is 19.5 Å². The summed E-state index contributed by atoms with van der Waals surface area (Å²) in [6.07, 6.45) is 8.07. The Kier molecular flexibility index (Phi) is 5.29. The van der Waals surface area contributed by atoms with Crippen molar-refractivity contribution in [2.45, 2.75) is 63.4 Å². The molecule has 0 aromatic rings. The van der Waals surface area contributed by atoms with Crippen molar-refractivity contribution in [1.82, 2.24) is 14.7 Å². The van der Waals surface area contributed by atoms with Crippen molar-refractivity contribution in [2.24, 2.45) is 11.8 Å². The van der Waals surface area contributed by atoms with Gasteiger partial charge < -0.3 is 24.5 Å². The van der Waals surface area contributed by atoms with Crippen LogP contribution in [0.3, 0.4) is 0 Å². The number of ether oxygens (including phenoxy) is 1. The van der Waals surface area contributed by atoms with E-state index in [0.29, 0.717) is 19.5 Å². The maximum absolute atomic E-state index is 13.9. The Morgan fingerprint density at radius 1 is 1.06 bits per heavy atom. The van der Waals surface area contributed by atoms with Crippen LogP contribution < -0.4 is 0 Å². The first kappa shape index (κ1) is 22.0. The van der Waals surface area contributed by atoms with Crippen molar-refractivity contribution >= 4 is 17.7 Å². The highest BCUT2D eigenvalue weighted by Crippen LogP contribution is 2.58. The lowest BCUT2D eigenvalue weighted by Gasteiger charge is -2.40. The van der Waals surface area contributed by atoms with Gasteiger partial charge in [-0.2, -0.15) is 0 Å². The first-order valence-corrected chi connectivity index (χ1v) is 11.2. The smallest absolute Gasteiger partial charge is 0.249 e. The molecular weight excluding hydrogens is 398 g/mol. The molecule has 1 spiro atoms. The molecule has 0 aromatic carbocycles. The van der Waals surface area contributed by atoms with E-state index in [-0.39, 0.29) is 30.4 Å². The third-order valence-electron chi connectivity index (χ3n) is 7.47. The Hall–Kier alpha value is -2.19. The van der Waals surface area contributed by atoms with E-state index in [1.54, 1.807) is 23.8 Å². The van der Waals surface area contributed by atoms with E-state index in [2.05, 4.69) is 0 Å². The second-order valence-corrected chi connectivity index (χ2v) is 9.51. The summed E-state index contributed by atoms with van der Waals surface area (Å²) < 4.78 is 6.78. The summed E-state index contributed by atoms with van der Waals surface area (Å²) in [4.78, 5) is 46.0. The van der Waals surface area contributed by atoms with Gasteiger partial charge in [0.2, 0.25) is 17.7 Å². The fourth-order valence-electron chi connectivity index (χ4n) is 5.87. The summed E-state index contributed by atoms with van der Waals surface area (Å²) in [5.74, 6) is -2.20. The third-order valence-corrected chi connectivity index (χ3v) is 7.47. The molecule has 4 aliphatic rings. The molecule has 3 amide bonds. The van der Waals surface area contributed by atoms with Crippen LogP contribution in [0.5, 0.6) is 0 Å². The normalized spacial score (nSPS) is 38.4. The molecule has 8 heteroatoms. The second-order valence-electron chi connectivity index (χ2n) is 9.51. The van der Waals surface area contributed by atoms with Crippen LogP contribution in [-0.4, -0.2) is 93.6 Å². The lowest BCUT2D eigenvalue weighted by molar-refractivity contribution is -0.157. The minimum atomic E-state index is -1.25. The van der Waals surface area contributed by atoms with E-state index >= 15 is 0 Å². The van der Waals surface area contributed by atoms with E-state index in [1.807, 2.05) is 45.1 Å². The highest BCUT2D eigenvalue weighted by molar-refractivity contribution is 6.00. The van der Waals surface area contributed by atoms with Crippen molar-refractivity contribution in [3.05, 3.63) is 24.3 Å². The fraction of sp³-hybridized carbons (Fsp3) is 0.696. The molecule has 4 rings (SSSR count). The van der Waals surface area contributed by atoms with Gasteiger partial charge in [0, 0.05) is 26.2 Å². The SMILES string of the molecule is CC[C@]12C=CCN(C)C(=O)[C@H]1[C@H]1C(=O)N([C@H](C)CO)C3C(=O)N(C(C)C)CC=C[C@@]31O2. The third kappa shape index (κ3) is 2.84. The molecule has 1 N–H and O–H groups in total. The van der Waals surface area contributed by atoms with Crippen LogP contribution >= 0.6 is 0 Å². The number of fused-ring (bicyclic) bond motifs is 2. The van der Waals surface area contributed by atoms with Crippen molar-refractivity contribution in [3.63, 3.8) is 0 Å². The Balaban J connectivity index is 1.94. The zero-order chi connectivity index (χ0) is 22.7. The summed E-state index contributed by atoms with van der Waals surface area (Å²) in [7, 11) is 1.73. The molecule has 0 saturated carbocycles. The number of rotatable bonds is 4. The van der Waals surface area contributed by atoms with Crippen molar-refractivity contribution in [1.29, 1.82) is 0 Å². The van der Waals surface area contributed by atoms with Gasteiger partial charge in [-0.15, -0.1) is 0 Å². The average Bonchev–Trinajstić information content (AvgIpc) is 3.04. The second kappa shape index (κ2) is 7.45. The molecule has 6 atom stereocenters. The molecular formula is C23H33N3O5. The average molecular weight is 432 g/mol. The Morgan fingerprint density at radius 2 is 1.74 bits per heavy atom. The van der Waals surface area contributed by atoms with Gasteiger partial charge in [0.1, 0.15) is 11.6 Å². The van der Waals surface area contributed by atoms with Crippen LogP contribution in [0.2, 0.25) is 0 Å². The Morgan fingerprint density at radius 3 is 2.35 bits per heavy atom. The first-order valence-electron chi connectivity index (χ1n) is 11.2. The number of aliphatic hydroxyl groups excluding tert-OH is 1. The largest absolute Gasteiger partial charge is 0.394 e. The molecule has 170 valence electrons. The van der Waals surface area contributed by atoms with Gasteiger partial charge in [0.15, 0.2) is 0 Å². The van der Waals surface area contributed by atoms with E-state index in [4.69, 9.17) is 4.74 Å². The minimum Gasteiger partial charge on any atom is -0.394 e. The lowest BCUT2D eigenvalue weighted by Crippen LogP contribution is -2.59. The number of amides is 3. The molecule has 0 bridgehead atoms. The van der Waals surface area contributed by atoms with Crippen molar-refractivity contribution in [3.8, 4) is 0 Å². The summed E-state index contributed by atoms with van der Waals surface area (Å²) in [5, 5.41) is 9.90. The predicted octanol–water partition coefficient (Wildman–Crippen LogP) is 0.563. The van der Waals surface area contributed by atoms with Gasteiger partial charge in [-0.1, -0.05) is 31.2 Å². The van der Waals surface area contributed by atoms with Crippen molar-refractivity contribution < 1.29 is 24.2 Å². The zero-order valence-electron chi connectivity index (χ0n) is 18.9. The first-order chi connectivity index (χ1) is 14.6. The molecule has 0 radical (unpaired) electrons. The summed E-state index contributed by atoms with van der Waals surface area (Å²) in [6, 6.07) is -1.55. The van der Waals surface area contributed by atoms with E-state index in [1.165, 1.54) is 4.90 Å². The van der Waals surface area contributed by atoms with E-state index < -0.39 is 35.1 Å². The maximum atomic E-state index is 13.9. The van der Waals surface area contributed by atoms with Crippen LogP contribution in [0.1, 0.15) is 34.1 Å². The molecule has 31 heavy (non-hydrogen) atoms. The van der Waals surface area contributed by atoms with Crippen LogP contribution in [0.15, 0.2) is 24.3 Å². The van der Waals surface area contributed by atoms with Gasteiger partial charge >= 0.3 is 0 Å². The zero-order valence-corrected chi connectivity index (χ0v) is 18.9. The molecule has 4 heterocycles. The van der Waals surface area contributed by atoms with Crippen molar-refractivity contribution in [2.75, 3.05) is 26.7 Å². The number of aliphatic hydroxyl groups is 1.